The molecule has 2 heteroatoms. The zero-order chi connectivity index (χ0) is 17.3. The predicted molar refractivity (Wildman–Crippen MR) is 100 cm³/mol. The van der Waals surface area contributed by atoms with Crippen LogP contribution in [0, 0.1) is 11.2 Å². The Kier molecular flexibility index (Phi) is 8.08. The first-order chi connectivity index (χ1) is 11.7. The van der Waals surface area contributed by atoms with Crippen LogP contribution in [-0.4, -0.2) is 7.11 Å². The van der Waals surface area contributed by atoms with E-state index in [2.05, 4.69) is 6.92 Å². The Morgan fingerprint density at radius 1 is 1.00 bits per heavy atom. The van der Waals surface area contributed by atoms with Crippen molar-refractivity contribution in [2.75, 3.05) is 7.11 Å². The van der Waals surface area contributed by atoms with Crippen molar-refractivity contribution in [1.82, 2.24) is 0 Å². The largest absolute Gasteiger partial charge is 0.494 e. The number of hydrogen-bond acceptors (Lipinski definition) is 1. The van der Waals surface area contributed by atoms with Crippen LogP contribution in [0.15, 0.2) is 18.2 Å². The molecule has 1 aliphatic rings. The number of hydrogen-bond donors (Lipinski definition) is 0. The molecule has 0 heterocycles. The highest BCUT2D eigenvalue weighted by Gasteiger charge is 2.31. The van der Waals surface area contributed by atoms with Crippen molar-refractivity contribution in [2.24, 2.45) is 5.41 Å². The highest BCUT2D eigenvalue weighted by molar-refractivity contribution is 5.29. The Bertz CT molecular complexity index is 477. The van der Waals surface area contributed by atoms with Crippen molar-refractivity contribution in [3.63, 3.8) is 0 Å². The number of ether oxygens (including phenoxy) is 1. The zero-order valence-electron chi connectivity index (χ0n) is 15.7. The van der Waals surface area contributed by atoms with E-state index in [1.807, 2.05) is 6.07 Å². The van der Waals surface area contributed by atoms with E-state index < -0.39 is 0 Å². The van der Waals surface area contributed by atoms with Crippen LogP contribution in [0.2, 0.25) is 0 Å². The summed E-state index contributed by atoms with van der Waals surface area (Å²) in [4.78, 5) is 0. The van der Waals surface area contributed by atoms with Crippen molar-refractivity contribution >= 4 is 0 Å². The average molecular weight is 335 g/mol. The molecule has 0 saturated heterocycles. The van der Waals surface area contributed by atoms with E-state index in [0.29, 0.717) is 11.2 Å². The van der Waals surface area contributed by atoms with Gasteiger partial charge in [-0.15, -0.1) is 0 Å². The molecule has 0 aromatic heterocycles. The molecule has 1 aromatic rings. The molecule has 0 unspecified atom stereocenters. The Hall–Kier alpha value is -1.05. The molecule has 0 bridgehead atoms. The molecule has 0 aliphatic heterocycles. The summed E-state index contributed by atoms with van der Waals surface area (Å²) in [6, 6.07) is 5.46. The van der Waals surface area contributed by atoms with Gasteiger partial charge in [-0.3, -0.25) is 0 Å². The fourth-order valence-corrected chi connectivity index (χ4v) is 4.31. The maximum absolute atomic E-state index is 13.9. The SMILES string of the molecule is CCCCCCCC1(CCc2ccc(OC)c(F)c2)CCCCC1. The molecular formula is C22H35FO. The maximum atomic E-state index is 13.9. The molecule has 1 aromatic carbocycles. The van der Waals surface area contributed by atoms with Gasteiger partial charge in [-0.05, 0) is 55.2 Å². The van der Waals surface area contributed by atoms with Crippen molar-refractivity contribution in [1.29, 1.82) is 0 Å². The first-order valence-corrected chi connectivity index (χ1v) is 10.0. The predicted octanol–water partition coefficient (Wildman–Crippen LogP) is 7.08. The molecule has 0 atom stereocenters. The van der Waals surface area contributed by atoms with Crippen molar-refractivity contribution < 1.29 is 9.13 Å². The molecule has 24 heavy (non-hydrogen) atoms. The molecule has 0 amide bonds. The number of unbranched alkanes of at least 4 members (excludes halogenated alkanes) is 4. The minimum absolute atomic E-state index is 0.229. The van der Waals surface area contributed by atoms with Gasteiger partial charge in [-0.2, -0.15) is 0 Å². The Labute approximate surface area is 148 Å². The number of rotatable bonds is 10. The van der Waals surface area contributed by atoms with Crippen molar-refractivity contribution in [2.45, 2.75) is 90.4 Å². The molecule has 0 N–H and O–H groups in total. The van der Waals surface area contributed by atoms with Crippen LogP contribution in [0.3, 0.4) is 0 Å². The lowest BCUT2D eigenvalue weighted by Crippen LogP contribution is -2.25. The Balaban J connectivity index is 1.89. The van der Waals surface area contributed by atoms with Gasteiger partial charge in [0.15, 0.2) is 11.6 Å². The molecule has 1 saturated carbocycles. The van der Waals surface area contributed by atoms with Gasteiger partial charge in [-0.25, -0.2) is 4.39 Å². The lowest BCUT2D eigenvalue weighted by Gasteiger charge is -2.38. The van der Waals surface area contributed by atoms with Gasteiger partial charge >= 0.3 is 0 Å². The van der Waals surface area contributed by atoms with Gasteiger partial charge < -0.3 is 4.74 Å². The number of halogens is 1. The number of benzene rings is 1. The number of aryl methyl sites for hydroxylation is 1. The smallest absolute Gasteiger partial charge is 0.165 e. The van der Waals surface area contributed by atoms with Gasteiger partial charge in [0.05, 0.1) is 7.11 Å². The van der Waals surface area contributed by atoms with Gasteiger partial charge in [0.25, 0.3) is 0 Å². The van der Waals surface area contributed by atoms with Crippen LogP contribution in [-0.2, 0) is 6.42 Å². The minimum Gasteiger partial charge on any atom is -0.494 e. The van der Waals surface area contributed by atoms with E-state index >= 15 is 0 Å². The second kappa shape index (κ2) is 10.1. The fraction of sp³-hybridized carbons (Fsp3) is 0.727. The van der Waals surface area contributed by atoms with E-state index in [0.717, 1.165) is 12.0 Å². The van der Waals surface area contributed by atoms with Gasteiger partial charge in [-0.1, -0.05) is 64.4 Å². The summed E-state index contributed by atoms with van der Waals surface area (Å²) >= 11 is 0. The van der Waals surface area contributed by atoms with E-state index in [1.54, 1.807) is 12.1 Å². The maximum Gasteiger partial charge on any atom is 0.165 e. The number of methoxy groups -OCH3 is 1. The topological polar surface area (TPSA) is 9.23 Å². The summed E-state index contributed by atoms with van der Waals surface area (Å²) in [7, 11) is 1.52. The second-order valence-corrected chi connectivity index (χ2v) is 7.69. The van der Waals surface area contributed by atoms with E-state index in [4.69, 9.17) is 4.74 Å². The summed E-state index contributed by atoms with van der Waals surface area (Å²) in [6.45, 7) is 2.27. The van der Waals surface area contributed by atoms with Crippen molar-refractivity contribution in [3.8, 4) is 5.75 Å². The zero-order valence-corrected chi connectivity index (χ0v) is 15.7. The summed E-state index contributed by atoms with van der Waals surface area (Å²) in [5.41, 5.74) is 1.63. The van der Waals surface area contributed by atoms with Crippen LogP contribution in [0.25, 0.3) is 0 Å². The van der Waals surface area contributed by atoms with Crippen molar-refractivity contribution in [3.05, 3.63) is 29.6 Å². The Morgan fingerprint density at radius 2 is 1.75 bits per heavy atom. The molecule has 136 valence electrons. The average Bonchev–Trinajstić information content (AvgIpc) is 2.61. The molecule has 1 nitrogen and oxygen atoms in total. The first-order valence-electron chi connectivity index (χ1n) is 10.0. The first kappa shape index (κ1) is 19.3. The normalized spacial score (nSPS) is 17.0. The second-order valence-electron chi connectivity index (χ2n) is 7.69. The molecule has 1 aliphatic carbocycles. The van der Waals surface area contributed by atoms with E-state index in [1.165, 1.54) is 84.2 Å². The summed E-state index contributed by atoms with van der Waals surface area (Å²) in [5, 5.41) is 0. The Morgan fingerprint density at radius 3 is 2.42 bits per heavy atom. The van der Waals surface area contributed by atoms with Crippen LogP contribution in [0.4, 0.5) is 4.39 Å². The van der Waals surface area contributed by atoms with Crippen LogP contribution in [0.1, 0.15) is 89.5 Å². The third-order valence-corrected chi connectivity index (χ3v) is 5.89. The molecule has 2 rings (SSSR count). The van der Waals surface area contributed by atoms with Crippen LogP contribution < -0.4 is 4.74 Å². The lowest BCUT2D eigenvalue weighted by molar-refractivity contribution is 0.152. The quantitative estimate of drug-likeness (QED) is 0.415. The molecule has 0 radical (unpaired) electrons. The third-order valence-electron chi connectivity index (χ3n) is 5.89. The van der Waals surface area contributed by atoms with Gasteiger partial charge in [0.2, 0.25) is 0 Å². The van der Waals surface area contributed by atoms with Crippen LogP contribution >= 0.6 is 0 Å². The van der Waals surface area contributed by atoms with Gasteiger partial charge in [0, 0.05) is 0 Å². The lowest BCUT2D eigenvalue weighted by atomic mass is 9.68. The summed E-state index contributed by atoms with van der Waals surface area (Å²) < 4.78 is 18.9. The van der Waals surface area contributed by atoms with Crippen LogP contribution in [0.5, 0.6) is 5.75 Å². The summed E-state index contributed by atoms with van der Waals surface area (Å²) in [6.07, 6.45) is 17.3. The monoisotopic (exact) mass is 334 g/mol. The highest BCUT2D eigenvalue weighted by Crippen LogP contribution is 2.44. The fourth-order valence-electron chi connectivity index (χ4n) is 4.31. The molecule has 1 fully saturated rings. The standard InChI is InChI=1S/C22H35FO/c1-3-4-5-6-8-14-22(15-9-7-10-16-22)17-13-19-11-12-21(24-2)20(23)18-19/h11-12,18H,3-10,13-17H2,1-2H3. The van der Waals surface area contributed by atoms with Gasteiger partial charge in [0.1, 0.15) is 0 Å². The minimum atomic E-state index is -0.229. The molecular weight excluding hydrogens is 299 g/mol. The van der Waals surface area contributed by atoms with E-state index in [9.17, 15) is 4.39 Å². The third kappa shape index (κ3) is 5.79. The molecule has 0 spiro atoms. The highest BCUT2D eigenvalue weighted by atomic mass is 19.1. The van der Waals surface area contributed by atoms with E-state index in [-0.39, 0.29) is 5.82 Å². The summed E-state index contributed by atoms with van der Waals surface area (Å²) in [5.74, 6) is 0.120.